The van der Waals surface area contributed by atoms with E-state index in [1.807, 2.05) is 36.1 Å². The van der Waals surface area contributed by atoms with Gasteiger partial charge in [-0.2, -0.15) is 0 Å². The minimum atomic E-state index is -0.510. The van der Waals surface area contributed by atoms with Gasteiger partial charge in [0.2, 0.25) is 5.91 Å². The van der Waals surface area contributed by atoms with Crippen molar-refractivity contribution >= 4 is 11.6 Å². The van der Waals surface area contributed by atoms with E-state index in [-0.39, 0.29) is 5.91 Å². The first-order valence-electron chi connectivity index (χ1n) is 6.86. The highest BCUT2D eigenvalue weighted by atomic mass is 16.3. The Morgan fingerprint density at radius 1 is 1.37 bits per heavy atom. The zero-order chi connectivity index (χ0) is 13.5. The molecule has 1 aromatic rings. The summed E-state index contributed by atoms with van der Waals surface area (Å²) in [6, 6.07) is 7.77. The molecule has 3 rings (SSSR count). The molecule has 2 N–H and O–H groups in total. The number of hydrogen-bond acceptors (Lipinski definition) is 3. The Balaban J connectivity index is 1.46. The van der Waals surface area contributed by atoms with Crippen LogP contribution in [0, 0.1) is 12.8 Å². The minimum Gasteiger partial charge on any atom is -0.387 e. The molecule has 1 aromatic carbocycles. The second kappa shape index (κ2) is 4.62. The van der Waals surface area contributed by atoms with E-state index in [0.717, 1.165) is 18.5 Å². The van der Waals surface area contributed by atoms with Crippen LogP contribution in [-0.2, 0) is 4.79 Å². The number of benzene rings is 1. The summed E-state index contributed by atoms with van der Waals surface area (Å²) in [6.45, 7) is 3.66. The lowest BCUT2D eigenvalue weighted by Crippen LogP contribution is -2.64. The Bertz CT molecular complexity index is 473. The van der Waals surface area contributed by atoms with Crippen molar-refractivity contribution in [1.29, 1.82) is 0 Å². The molecule has 0 spiro atoms. The molecule has 0 radical (unpaired) electrons. The maximum atomic E-state index is 11.9. The van der Waals surface area contributed by atoms with Crippen LogP contribution in [0.4, 0.5) is 5.69 Å². The van der Waals surface area contributed by atoms with Gasteiger partial charge >= 0.3 is 0 Å². The molecule has 4 nitrogen and oxygen atoms in total. The van der Waals surface area contributed by atoms with E-state index >= 15 is 0 Å². The summed E-state index contributed by atoms with van der Waals surface area (Å²) in [5.74, 6) is 0.464. The molecule has 0 aromatic heterocycles. The van der Waals surface area contributed by atoms with Crippen molar-refractivity contribution in [3.63, 3.8) is 0 Å². The normalized spacial score (nSPS) is 21.8. The van der Waals surface area contributed by atoms with Gasteiger partial charge in [0.1, 0.15) is 0 Å². The smallest absolute Gasteiger partial charge is 0.238 e. The van der Waals surface area contributed by atoms with Gasteiger partial charge in [0.25, 0.3) is 0 Å². The van der Waals surface area contributed by atoms with E-state index in [1.165, 1.54) is 5.56 Å². The molecular weight excluding hydrogens is 240 g/mol. The predicted octanol–water partition coefficient (Wildman–Crippen LogP) is 1.39. The molecule has 2 fully saturated rings. The lowest BCUT2D eigenvalue weighted by molar-refractivity contribution is -0.132. The predicted molar refractivity (Wildman–Crippen MR) is 73.9 cm³/mol. The number of nitrogens with zero attached hydrogens (tertiary/aromatic N) is 1. The first-order chi connectivity index (χ1) is 9.05. The number of amides is 1. The van der Waals surface area contributed by atoms with Gasteiger partial charge in [-0.05, 0) is 37.8 Å². The zero-order valence-electron chi connectivity index (χ0n) is 11.2. The molecule has 19 heavy (non-hydrogen) atoms. The van der Waals surface area contributed by atoms with Crippen molar-refractivity contribution in [2.24, 2.45) is 5.92 Å². The summed E-state index contributed by atoms with van der Waals surface area (Å²) in [5.41, 5.74) is 1.49. The van der Waals surface area contributed by atoms with E-state index in [9.17, 15) is 9.90 Å². The number of carbonyl (C=O) groups excluding carboxylic acids is 1. The fourth-order valence-electron chi connectivity index (χ4n) is 2.76. The van der Waals surface area contributed by atoms with Gasteiger partial charge < -0.3 is 10.4 Å². The molecule has 1 aliphatic carbocycles. The number of aryl methyl sites for hydroxylation is 1. The molecule has 1 aliphatic heterocycles. The topological polar surface area (TPSA) is 52.6 Å². The highest BCUT2D eigenvalue weighted by molar-refractivity contribution is 5.92. The standard InChI is InChI=1S/C15H20N2O2/c1-11-2-6-13(7-3-11)16-14(18)8-17-9-15(19,10-17)12-4-5-12/h2-3,6-7,12,19H,4-5,8-10H2,1H3,(H,16,18). The lowest BCUT2D eigenvalue weighted by Gasteiger charge is -2.46. The number of rotatable bonds is 4. The average molecular weight is 260 g/mol. The summed E-state index contributed by atoms with van der Waals surface area (Å²) in [4.78, 5) is 13.9. The average Bonchev–Trinajstić information content (AvgIpc) is 3.14. The fraction of sp³-hybridized carbons (Fsp3) is 0.533. The number of anilines is 1. The maximum Gasteiger partial charge on any atom is 0.238 e. The maximum absolute atomic E-state index is 11.9. The summed E-state index contributed by atoms with van der Waals surface area (Å²) >= 11 is 0. The van der Waals surface area contributed by atoms with Gasteiger partial charge in [-0.1, -0.05) is 17.7 Å². The van der Waals surface area contributed by atoms with Crippen LogP contribution in [0.25, 0.3) is 0 Å². The minimum absolute atomic E-state index is 0.0123. The number of nitrogens with one attached hydrogen (secondary N) is 1. The van der Waals surface area contributed by atoms with E-state index in [4.69, 9.17) is 0 Å². The number of carbonyl (C=O) groups is 1. The summed E-state index contributed by atoms with van der Waals surface area (Å²) in [5, 5.41) is 13.1. The van der Waals surface area contributed by atoms with Gasteiger partial charge in [-0.3, -0.25) is 9.69 Å². The third-order valence-corrected chi connectivity index (χ3v) is 4.03. The SMILES string of the molecule is Cc1ccc(NC(=O)CN2CC(O)(C3CC3)C2)cc1. The van der Waals surface area contributed by atoms with Crippen molar-refractivity contribution in [2.75, 3.05) is 25.0 Å². The van der Waals surface area contributed by atoms with Crippen LogP contribution in [0.2, 0.25) is 0 Å². The zero-order valence-corrected chi connectivity index (χ0v) is 11.2. The Labute approximate surface area is 113 Å². The summed E-state index contributed by atoms with van der Waals surface area (Å²) in [6.07, 6.45) is 2.28. The molecular formula is C15H20N2O2. The van der Waals surface area contributed by atoms with Crippen molar-refractivity contribution in [3.05, 3.63) is 29.8 Å². The molecule has 0 unspecified atom stereocenters. The Kier molecular flexibility index (Phi) is 3.07. The Hall–Kier alpha value is -1.39. The Morgan fingerprint density at radius 3 is 2.58 bits per heavy atom. The van der Waals surface area contributed by atoms with Crippen molar-refractivity contribution in [3.8, 4) is 0 Å². The van der Waals surface area contributed by atoms with Crippen LogP contribution >= 0.6 is 0 Å². The highest BCUT2D eigenvalue weighted by Crippen LogP contribution is 2.44. The van der Waals surface area contributed by atoms with E-state index < -0.39 is 5.60 Å². The van der Waals surface area contributed by atoms with Gasteiger partial charge in [0, 0.05) is 18.8 Å². The largest absolute Gasteiger partial charge is 0.387 e. The van der Waals surface area contributed by atoms with Crippen molar-refractivity contribution in [1.82, 2.24) is 4.90 Å². The second-order valence-corrected chi connectivity index (χ2v) is 5.94. The molecule has 1 saturated carbocycles. The second-order valence-electron chi connectivity index (χ2n) is 5.94. The van der Waals surface area contributed by atoms with E-state index in [1.54, 1.807) is 0 Å². The Morgan fingerprint density at radius 2 is 2.00 bits per heavy atom. The summed E-state index contributed by atoms with van der Waals surface area (Å²) in [7, 11) is 0. The number of likely N-dealkylation sites (tertiary alicyclic amines) is 1. The quantitative estimate of drug-likeness (QED) is 0.860. The molecule has 1 saturated heterocycles. The van der Waals surface area contributed by atoms with Crippen LogP contribution in [0.15, 0.2) is 24.3 Å². The van der Waals surface area contributed by atoms with E-state index in [0.29, 0.717) is 25.6 Å². The van der Waals surface area contributed by atoms with Crippen molar-refractivity contribution in [2.45, 2.75) is 25.4 Å². The third kappa shape index (κ3) is 2.80. The van der Waals surface area contributed by atoms with Gasteiger partial charge in [0.15, 0.2) is 0 Å². The lowest BCUT2D eigenvalue weighted by atomic mass is 9.89. The third-order valence-electron chi connectivity index (χ3n) is 4.03. The van der Waals surface area contributed by atoms with E-state index in [2.05, 4.69) is 5.32 Å². The molecule has 102 valence electrons. The van der Waals surface area contributed by atoms with Crippen LogP contribution < -0.4 is 5.32 Å². The highest BCUT2D eigenvalue weighted by Gasteiger charge is 2.51. The van der Waals surface area contributed by atoms with Gasteiger partial charge in [-0.25, -0.2) is 0 Å². The molecule has 4 heteroatoms. The molecule has 0 bridgehead atoms. The molecule has 1 heterocycles. The molecule has 0 atom stereocenters. The fourth-order valence-corrected chi connectivity index (χ4v) is 2.76. The van der Waals surface area contributed by atoms with Crippen LogP contribution in [0.5, 0.6) is 0 Å². The molecule has 1 amide bonds. The summed E-state index contributed by atoms with van der Waals surface area (Å²) < 4.78 is 0. The monoisotopic (exact) mass is 260 g/mol. The number of β-amino-alcohol motifs (C(OH)–C–C–N with tert-alkyl or cyclic N) is 1. The van der Waals surface area contributed by atoms with Gasteiger partial charge in [0.05, 0.1) is 12.1 Å². The van der Waals surface area contributed by atoms with Crippen LogP contribution in [-0.4, -0.2) is 41.1 Å². The number of hydrogen-bond donors (Lipinski definition) is 2. The van der Waals surface area contributed by atoms with Crippen LogP contribution in [0.1, 0.15) is 18.4 Å². The first kappa shape index (κ1) is 12.6. The molecule has 2 aliphatic rings. The number of aliphatic hydroxyl groups is 1. The first-order valence-corrected chi connectivity index (χ1v) is 6.86. The van der Waals surface area contributed by atoms with Crippen molar-refractivity contribution < 1.29 is 9.90 Å². The van der Waals surface area contributed by atoms with Gasteiger partial charge in [-0.15, -0.1) is 0 Å². The van der Waals surface area contributed by atoms with Crippen LogP contribution in [0.3, 0.4) is 0 Å².